The largest absolute Gasteiger partial charge is 0.598 e. The van der Waals surface area contributed by atoms with Gasteiger partial charge in [-0.15, -0.1) is 16.1 Å². The molecule has 0 saturated carbocycles. The summed E-state index contributed by atoms with van der Waals surface area (Å²) in [7, 11) is 1.54. The molecule has 142 valence electrons. The molecule has 0 spiro atoms. The molecule has 0 aliphatic rings. The number of thiophene rings is 1. The van der Waals surface area contributed by atoms with Crippen LogP contribution in [0.2, 0.25) is 0 Å². The fraction of sp³-hybridized carbons (Fsp3) is 0.421. The van der Waals surface area contributed by atoms with Crippen molar-refractivity contribution in [2.75, 3.05) is 7.05 Å². The summed E-state index contributed by atoms with van der Waals surface area (Å²) in [5, 5.41) is 2.45. The van der Waals surface area contributed by atoms with Crippen molar-refractivity contribution in [3.63, 3.8) is 0 Å². The SMILES string of the molecule is CNC(=O)OCc1ccccc1-c1ccc(C(C)N[S+]([O-])C(C)(C)C)s1. The van der Waals surface area contributed by atoms with Gasteiger partial charge in [-0.2, -0.15) is 0 Å². The van der Waals surface area contributed by atoms with Gasteiger partial charge in [0.25, 0.3) is 0 Å². The predicted molar refractivity (Wildman–Crippen MR) is 108 cm³/mol. The van der Waals surface area contributed by atoms with Gasteiger partial charge in [0.15, 0.2) is 0 Å². The molecule has 2 atom stereocenters. The highest BCUT2D eigenvalue weighted by atomic mass is 32.2. The lowest BCUT2D eigenvalue weighted by molar-refractivity contribution is 0.142. The highest BCUT2D eigenvalue weighted by Crippen LogP contribution is 2.34. The number of hydrogen-bond donors (Lipinski definition) is 2. The van der Waals surface area contributed by atoms with E-state index in [1.165, 1.54) is 7.05 Å². The Hall–Kier alpha value is -1.54. The molecule has 0 aliphatic carbocycles. The van der Waals surface area contributed by atoms with E-state index in [0.717, 1.165) is 20.9 Å². The number of carbonyl (C=O) groups is 1. The Bertz CT molecular complexity index is 740. The van der Waals surface area contributed by atoms with Crippen LogP contribution in [0.4, 0.5) is 4.79 Å². The summed E-state index contributed by atoms with van der Waals surface area (Å²) in [5.41, 5.74) is 1.99. The van der Waals surface area contributed by atoms with Crippen LogP contribution < -0.4 is 10.0 Å². The zero-order valence-electron chi connectivity index (χ0n) is 15.8. The molecule has 1 aromatic carbocycles. The van der Waals surface area contributed by atoms with E-state index in [0.29, 0.717) is 0 Å². The van der Waals surface area contributed by atoms with Crippen LogP contribution in [0.1, 0.15) is 44.2 Å². The van der Waals surface area contributed by atoms with E-state index in [2.05, 4.69) is 16.1 Å². The van der Waals surface area contributed by atoms with Crippen LogP contribution >= 0.6 is 11.3 Å². The Morgan fingerprint density at radius 3 is 2.62 bits per heavy atom. The maximum absolute atomic E-state index is 12.3. The molecule has 0 radical (unpaired) electrons. The van der Waals surface area contributed by atoms with Gasteiger partial charge in [-0.05, 0) is 51.0 Å². The van der Waals surface area contributed by atoms with Crippen LogP contribution in [-0.4, -0.2) is 22.4 Å². The molecule has 1 heterocycles. The van der Waals surface area contributed by atoms with Gasteiger partial charge in [-0.25, -0.2) is 4.79 Å². The highest BCUT2D eigenvalue weighted by molar-refractivity contribution is 7.90. The van der Waals surface area contributed by atoms with E-state index in [1.54, 1.807) is 11.3 Å². The topological polar surface area (TPSA) is 73.4 Å². The molecule has 7 heteroatoms. The highest BCUT2D eigenvalue weighted by Gasteiger charge is 2.28. The van der Waals surface area contributed by atoms with Crippen LogP contribution in [0.15, 0.2) is 36.4 Å². The molecule has 0 fully saturated rings. The summed E-state index contributed by atoms with van der Waals surface area (Å²) in [6, 6.07) is 12.0. The Kier molecular flexibility index (Phi) is 7.11. The van der Waals surface area contributed by atoms with Gasteiger partial charge >= 0.3 is 6.09 Å². The van der Waals surface area contributed by atoms with Crippen molar-refractivity contribution in [3.05, 3.63) is 46.8 Å². The first-order valence-corrected chi connectivity index (χ1v) is 10.4. The van der Waals surface area contributed by atoms with E-state index >= 15 is 0 Å². The van der Waals surface area contributed by atoms with Gasteiger partial charge in [0.2, 0.25) is 0 Å². The molecular weight excluding hydrogens is 368 g/mol. The summed E-state index contributed by atoms with van der Waals surface area (Å²) in [6.45, 7) is 8.08. The van der Waals surface area contributed by atoms with E-state index in [1.807, 2.05) is 58.0 Å². The van der Waals surface area contributed by atoms with Gasteiger partial charge in [0.05, 0.1) is 6.04 Å². The predicted octanol–water partition coefficient (Wildman–Crippen LogP) is 4.38. The zero-order valence-corrected chi connectivity index (χ0v) is 17.4. The van der Waals surface area contributed by atoms with Gasteiger partial charge in [0.1, 0.15) is 11.4 Å². The Labute approximate surface area is 162 Å². The van der Waals surface area contributed by atoms with Crippen molar-refractivity contribution in [1.29, 1.82) is 0 Å². The maximum atomic E-state index is 12.3. The van der Waals surface area contributed by atoms with Crippen molar-refractivity contribution < 1.29 is 14.1 Å². The lowest BCUT2D eigenvalue weighted by atomic mass is 10.1. The third-order valence-corrected chi connectivity index (χ3v) is 6.72. The van der Waals surface area contributed by atoms with Crippen molar-refractivity contribution in [1.82, 2.24) is 10.0 Å². The quantitative estimate of drug-likeness (QED) is 0.713. The fourth-order valence-electron chi connectivity index (χ4n) is 2.23. The van der Waals surface area contributed by atoms with Crippen LogP contribution in [0.25, 0.3) is 10.4 Å². The number of benzene rings is 1. The summed E-state index contributed by atoms with van der Waals surface area (Å²) < 4.78 is 20.4. The van der Waals surface area contributed by atoms with Gasteiger partial charge in [0, 0.05) is 28.2 Å². The molecule has 26 heavy (non-hydrogen) atoms. The Balaban J connectivity index is 2.15. The molecular formula is C19H26N2O3S2. The third kappa shape index (κ3) is 5.48. The Morgan fingerprint density at radius 2 is 1.96 bits per heavy atom. The second kappa shape index (κ2) is 8.90. The van der Waals surface area contributed by atoms with Gasteiger partial charge in [-0.1, -0.05) is 24.3 Å². The average molecular weight is 395 g/mol. The molecule has 1 amide bonds. The summed E-state index contributed by atoms with van der Waals surface area (Å²) in [5.74, 6) is 0. The molecule has 2 aromatic rings. The molecule has 1 aromatic heterocycles. The van der Waals surface area contributed by atoms with E-state index in [-0.39, 0.29) is 17.4 Å². The second-order valence-electron chi connectivity index (χ2n) is 6.91. The molecule has 2 rings (SSSR count). The summed E-state index contributed by atoms with van der Waals surface area (Å²) >= 11 is 0.523. The normalized spacial score (nSPS) is 13.9. The molecule has 0 aliphatic heterocycles. The number of amides is 1. The zero-order chi connectivity index (χ0) is 19.3. The lowest BCUT2D eigenvalue weighted by Gasteiger charge is -2.26. The number of alkyl carbamates (subject to hydrolysis) is 1. The molecule has 2 unspecified atom stereocenters. The van der Waals surface area contributed by atoms with E-state index in [9.17, 15) is 9.35 Å². The minimum atomic E-state index is -1.12. The summed E-state index contributed by atoms with van der Waals surface area (Å²) in [6.07, 6.45) is -0.450. The molecule has 5 nitrogen and oxygen atoms in total. The number of rotatable bonds is 6. The van der Waals surface area contributed by atoms with Crippen molar-refractivity contribution in [3.8, 4) is 10.4 Å². The molecule has 0 saturated heterocycles. The second-order valence-corrected chi connectivity index (χ2v) is 10.0. The number of carbonyl (C=O) groups excluding carboxylic acids is 1. The third-order valence-electron chi connectivity index (χ3n) is 3.74. The van der Waals surface area contributed by atoms with Crippen LogP contribution in [0.5, 0.6) is 0 Å². The van der Waals surface area contributed by atoms with Crippen LogP contribution in [0.3, 0.4) is 0 Å². The minimum Gasteiger partial charge on any atom is -0.598 e. The van der Waals surface area contributed by atoms with Gasteiger partial charge in [-0.3, -0.25) is 0 Å². The maximum Gasteiger partial charge on any atom is 0.407 e. The fourth-order valence-corrected chi connectivity index (χ4v) is 4.17. The van der Waals surface area contributed by atoms with Crippen LogP contribution in [0, 0.1) is 0 Å². The Morgan fingerprint density at radius 1 is 1.27 bits per heavy atom. The monoisotopic (exact) mass is 394 g/mol. The van der Waals surface area contributed by atoms with Crippen molar-refractivity contribution in [2.24, 2.45) is 0 Å². The van der Waals surface area contributed by atoms with Gasteiger partial charge < -0.3 is 14.6 Å². The first kappa shape index (κ1) is 20.8. The number of hydrogen-bond acceptors (Lipinski definition) is 5. The van der Waals surface area contributed by atoms with Crippen molar-refractivity contribution >= 4 is 28.8 Å². The lowest BCUT2D eigenvalue weighted by Crippen LogP contribution is -2.40. The smallest absolute Gasteiger partial charge is 0.407 e. The first-order chi connectivity index (χ1) is 12.2. The molecule has 2 N–H and O–H groups in total. The number of nitrogens with one attached hydrogen (secondary N) is 2. The molecule has 0 bridgehead atoms. The van der Waals surface area contributed by atoms with Crippen molar-refractivity contribution in [2.45, 2.75) is 45.1 Å². The standard InChI is InChI=1S/C19H26N2O3S2/c1-13(21-26(23)19(2,3)4)16-10-11-17(25-16)15-9-7-6-8-14(15)12-24-18(22)20-5/h6-11,13,21H,12H2,1-5H3,(H,20,22). The van der Waals surface area contributed by atoms with E-state index in [4.69, 9.17) is 4.74 Å². The average Bonchev–Trinajstić information content (AvgIpc) is 3.09. The van der Waals surface area contributed by atoms with Crippen LogP contribution in [-0.2, 0) is 22.7 Å². The summed E-state index contributed by atoms with van der Waals surface area (Å²) in [4.78, 5) is 13.5. The minimum absolute atomic E-state index is 0.0110. The van der Waals surface area contributed by atoms with E-state index < -0.39 is 17.5 Å². The number of ether oxygens (including phenoxy) is 1. The first-order valence-electron chi connectivity index (χ1n) is 8.43.